The molecule has 7 rings (SSSR count). The maximum Gasteiger partial charge on any atom is 0.339 e. The molecule has 0 bridgehead atoms. The summed E-state index contributed by atoms with van der Waals surface area (Å²) in [5.41, 5.74) is -0.498. The molecular weight excluding hydrogens is 604 g/mol. The summed E-state index contributed by atoms with van der Waals surface area (Å²) in [6, 6.07) is 23.2. The summed E-state index contributed by atoms with van der Waals surface area (Å²) >= 11 is 0. The van der Waals surface area contributed by atoms with Crippen LogP contribution in [-0.2, 0) is 21.6 Å². The van der Waals surface area contributed by atoms with Gasteiger partial charge < -0.3 is 18.8 Å². The Morgan fingerprint density at radius 1 is 0.915 bits per heavy atom. The topological polar surface area (TPSA) is 140 Å². The van der Waals surface area contributed by atoms with E-state index in [9.17, 15) is 24.0 Å². The Morgan fingerprint density at radius 2 is 1.64 bits per heavy atom. The lowest BCUT2D eigenvalue weighted by molar-refractivity contribution is -0.137. The molecule has 0 N–H and O–H groups in total. The number of imide groups is 2. The van der Waals surface area contributed by atoms with E-state index < -0.39 is 48.5 Å². The number of carbonyl (C=O) groups is 5. The zero-order valence-corrected chi connectivity index (χ0v) is 25.0. The Balaban J connectivity index is 1.36. The summed E-state index contributed by atoms with van der Waals surface area (Å²) in [6.45, 7) is -1.17. The van der Waals surface area contributed by atoms with Crippen LogP contribution in [0.3, 0.4) is 0 Å². The molecule has 12 nitrogen and oxygen atoms in total. The van der Waals surface area contributed by atoms with Crippen molar-refractivity contribution in [2.24, 2.45) is 0 Å². The van der Waals surface area contributed by atoms with Crippen LogP contribution in [0.4, 0.5) is 4.79 Å². The second kappa shape index (κ2) is 11.6. The van der Waals surface area contributed by atoms with Crippen LogP contribution in [0.15, 0.2) is 108 Å². The van der Waals surface area contributed by atoms with Crippen molar-refractivity contribution >= 4 is 40.7 Å². The molecule has 12 heteroatoms. The minimum absolute atomic E-state index is 0.0682. The van der Waals surface area contributed by atoms with Gasteiger partial charge in [-0.25, -0.2) is 19.4 Å². The molecule has 1 saturated heterocycles. The molecule has 2 aliphatic rings. The number of esters is 1. The number of ether oxygens (including phenoxy) is 2. The predicted molar refractivity (Wildman–Crippen MR) is 165 cm³/mol. The second-order valence-electron chi connectivity index (χ2n) is 11.0. The van der Waals surface area contributed by atoms with Crippen LogP contribution >= 0.6 is 0 Å². The summed E-state index contributed by atoms with van der Waals surface area (Å²) in [7, 11) is 1.49. The first kappa shape index (κ1) is 29.4. The van der Waals surface area contributed by atoms with Crippen molar-refractivity contribution in [1.82, 2.24) is 19.7 Å². The van der Waals surface area contributed by atoms with Crippen LogP contribution in [0.25, 0.3) is 11.0 Å². The second-order valence-corrected chi connectivity index (χ2v) is 11.0. The monoisotopic (exact) mass is 630 g/mol. The molecule has 47 heavy (non-hydrogen) atoms. The zero-order chi connectivity index (χ0) is 32.7. The number of pyridine rings is 1. The van der Waals surface area contributed by atoms with E-state index >= 15 is 0 Å². The van der Waals surface area contributed by atoms with E-state index in [-0.39, 0.29) is 23.4 Å². The average molecular weight is 631 g/mol. The number of rotatable bonds is 8. The summed E-state index contributed by atoms with van der Waals surface area (Å²) in [4.78, 5) is 77.0. The van der Waals surface area contributed by atoms with Gasteiger partial charge in [0, 0.05) is 35.5 Å². The van der Waals surface area contributed by atoms with Crippen molar-refractivity contribution in [3.05, 3.63) is 131 Å². The van der Waals surface area contributed by atoms with Crippen molar-refractivity contribution in [2.45, 2.75) is 12.1 Å². The SMILES string of the molecule is COc1ccc2c(c1)C(=O)N(C[C@]1(c3cc4cnccc4o3)C(=O)N(COC(=O)c3ccccc3)C(=O)N1C(=O)c1ccccc1)C2. The smallest absolute Gasteiger partial charge is 0.339 e. The molecule has 0 radical (unpaired) electrons. The van der Waals surface area contributed by atoms with Gasteiger partial charge in [0.2, 0.25) is 5.54 Å². The Hall–Kier alpha value is -6.30. The van der Waals surface area contributed by atoms with Gasteiger partial charge in [0.25, 0.3) is 17.7 Å². The minimum atomic E-state index is -2.19. The number of nitrogens with zero attached hydrogens (tertiary/aromatic N) is 4. The highest BCUT2D eigenvalue weighted by molar-refractivity contribution is 6.18. The van der Waals surface area contributed by atoms with Gasteiger partial charge in [0.05, 0.1) is 19.2 Å². The van der Waals surface area contributed by atoms with Gasteiger partial charge in [-0.05, 0) is 54.1 Å². The molecule has 0 aliphatic carbocycles. The Kier molecular flexibility index (Phi) is 7.24. The molecule has 2 aromatic heterocycles. The first-order valence-corrected chi connectivity index (χ1v) is 14.6. The fourth-order valence-electron chi connectivity index (χ4n) is 5.95. The van der Waals surface area contributed by atoms with E-state index in [4.69, 9.17) is 13.9 Å². The van der Waals surface area contributed by atoms with Gasteiger partial charge in [-0.2, -0.15) is 0 Å². The van der Waals surface area contributed by atoms with Crippen LogP contribution in [0.5, 0.6) is 5.75 Å². The van der Waals surface area contributed by atoms with Crippen LogP contribution in [-0.4, -0.2) is 69.8 Å². The molecule has 1 atom stereocenters. The fourth-order valence-corrected chi connectivity index (χ4v) is 5.95. The normalized spacial score (nSPS) is 17.4. The van der Waals surface area contributed by atoms with Crippen LogP contribution in [0.1, 0.15) is 42.4 Å². The highest BCUT2D eigenvalue weighted by Crippen LogP contribution is 2.43. The number of aromatic nitrogens is 1. The van der Waals surface area contributed by atoms with Crippen molar-refractivity contribution in [3.63, 3.8) is 0 Å². The summed E-state index contributed by atoms with van der Waals surface area (Å²) < 4.78 is 16.9. The third kappa shape index (κ3) is 4.86. The lowest BCUT2D eigenvalue weighted by Crippen LogP contribution is -2.56. The lowest BCUT2D eigenvalue weighted by Gasteiger charge is -2.35. The molecule has 0 saturated carbocycles. The first-order valence-electron chi connectivity index (χ1n) is 14.6. The zero-order valence-electron chi connectivity index (χ0n) is 25.0. The van der Waals surface area contributed by atoms with E-state index in [0.717, 1.165) is 4.90 Å². The third-order valence-corrected chi connectivity index (χ3v) is 8.30. The number of methoxy groups -OCH3 is 1. The molecule has 0 unspecified atom stereocenters. The van der Waals surface area contributed by atoms with Gasteiger partial charge in [0.1, 0.15) is 17.1 Å². The van der Waals surface area contributed by atoms with Gasteiger partial charge in [-0.3, -0.25) is 19.4 Å². The van der Waals surface area contributed by atoms with E-state index in [1.165, 1.54) is 54.7 Å². The van der Waals surface area contributed by atoms with Gasteiger partial charge in [-0.15, -0.1) is 0 Å². The highest BCUT2D eigenvalue weighted by atomic mass is 16.5. The molecule has 5 aromatic rings. The number of benzene rings is 3. The van der Waals surface area contributed by atoms with Gasteiger partial charge >= 0.3 is 12.0 Å². The Labute approximate surface area is 267 Å². The quantitative estimate of drug-likeness (QED) is 0.178. The molecule has 2 aliphatic heterocycles. The number of carbonyl (C=O) groups excluding carboxylic acids is 5. The van der Waals surface area contributed by atoms with Crippen LogP contribution < -0.4 is 4.74 Å². The summed E-state index contributed by atoms with van der Waals surface area (Å²) in [5.74, 6) is -2.54. The van der Waals surface area contributed by atoms with E-state index in [0.29, 0.717) is 32.7 Å². The average Bonchev–Trinajstić information content (AvgIpc) is 3.74. The molecule has 0 spiro atoms. The molecule has 5 amide bonds. The van der Waals surface area contributed by atoms with Crippen molar-refractivity contribution in [1.29, 1.82) is 0 Å². The number of furan rings is 1. The molecular formula is C35H26N4O8. The molecule has 4 heterocycles. The number of amides is 5. The Bertz CT molecular complexity index is 2030. The predicted octanol–water partition coefficient (Wildman–Crippen LogP) is 4.61. The summed E-state index contributed by atoms with van der Waals surface area (Å²) in [6.07, 6.45) is 3.02. The van der Waals surface area contributed by atoms with Crippen molar-refractivity contribution in [2.75, 3.05) is 20.4 Å². The standard InChI is InChI=1S/C35H26N4O8/c1-45-26-13-12-24-19-37(31(41)27(24)17-26)20-35(29-16-25-18-36-15-14-28(25)47-29)33(43)38(21-46-32(42)23-10-6-3-7-11-23)34(44)39(35)30(40)22-8-4-2-5-9-22/h2-18H,19-21H2,1H3/t35-/m0/s1. The molecule has 234 valence electrons. The largest absolute Gasteiger partial charge is 0.497 e. The number of fused-ring (bicyclic) bond motifs is 2. The number of hydrogen-bond acceptors (Lipinski definition) is 9. The van der Waals surface area contributed by atoms with Crippen molar-refractivity contribution in [3.8, 4) is 5.75 Å². The third-order valence-electron chi connectivity index (χ3n) is 8.30. The van der Waals surface area contributed by atoms with Crippen LogP contribution in [0.2, 0.25) is 0 Å². The maximum absolute atomic E-state index is 14.8. The first-order chi connectivity index (χ1) is 22.8. The minimum Gasteiger partial charge on any atom is -0.497 e. The fraction of sp³-hybridized carbons (Fsp3) is 0.143. The number of urea groups is 1. The van der Waals surface area contributed by atoms with E-state index in [2.05, 4.69) is 4.98 Å². The highest BCUT2D eigenvalue weighted by Gasteiger charge is 2.64. The van der Waals surface area contributed by atoms with E-state index in [1.54, 1.807) is 60.7 Å². The van der Waals surface area contributed by atoms with Gasteiger partial charge in [-0.1, -0.05) is 42.5 Å². The van der Waals surface area contributed by atoms with E-state index in [1.807, 2.05) is 0 Å². The molecule has 3 aromatic carbocycles. The lowest BCUT2D eigenvalue weighted by atomic mass is 9.92. The number of hydrogen-bond donors (Lipinski definition) is 0. The maximum atomic E-state index is 14.8. The molecule has 1 fully saturated rings. The Morgan fingerprint density at radius 3 is 2.34 bits per heavy atom. The van der Waals surface area contributed by atoms with Crippen LogP contribution in [0, 0.1) is 0 Å². The van der Waals surface area contributed by atoms with Crippen molar-refractivity contribution < 1.29 is 37.9 Å². The summed E-state index contributed by atoms with van der Waals surface area (Å²) in [5, 5.41) is 0.504. The van der Waals surface area contributed by atoms with Gasteiger partial charge in [0.15, 0.2) is 6.73 Å².